The van der Waals surface area contributed by atoms with Gasteiger partial charge in [-0.05, 0) is 24.9 Å². The van der Waals surface area contributed by atoms with E-state index in [1.165, 1.54) is 37.8 Å². The Bertz CT molecular complexity index is 413. The van der Waals surface area contributed by atoms with Crippen LogP contribution in [0, 0.1) is 10.1 Å². The van der Waals surface area contributed by atoms with Gasteiger partial charge in [-0.15, -0.1) is 0 Å². The third kappa shape index (κ3) is 5.83. The van der Waals surface area contributed by atoms with E-state index in [-0.39, 0.29) is 5.69 Å². The summed E-state index contributed by atoms with van der Waals surface area (Å²) in [5, 5.41) is 14.0. The molecule has 0 atom stereocenters. The van der Waals surface area contributed by atoms with Crippen LogP contribution >= 0.6 is 11.8 Å². The number of ether oxygens (including phenoxy) is 1. The van der Waals surface area contributed by atoms with Crippen molar-refractivity contribution < 1.29 is 9.66 Å². The third-order valence-electron chi connectivity index (χ3n) is 2.69. The smallest absolute Gasteiger partial charge is 0.275 e. The van der Waals surface area contributed by atoms with E-state index in [9.17, 15) is 10.1 Å². The van der Waals surface area contributed by atoms with Crippen LogP contribution < -0.4 is 10.1 Å². The normalized spacial score (nSPS) is 10.2. The van der Waals surface area contributed by atoms with Crippen LogP contribution in [0.2, 0.25) is 0 Å². The van der Waals surface area contributed by atoms with E-state index in [1.807, 2.05) is 11.8 Å². The van der Waals surface area contributed by atoms with Crippen molar-refractivity contribution in [2.24, 2.45) is 0 Å². The number of nitrogens with one attached hydrogen (secondary N) is 1. The molecule has 0 aromatic heterocycles. The number of nitro benzene ring substituents is 1. The van der Waals surface area contributed by atoms with Crippen molar-refractivity contribution in [1.82, 2.24) is 0 Å². The minimum Gasteiger partial charge on any atom is -0.496 e. The lowest BCUT2D eigenvalue weighted by Gasteiger charge is -2.08. The first-order chi connectivity index (χ1) is 9.17. The van der Waals surface area contributed by atoms with Crippen LogP contribution in [0.1, 0.15) is 19.3 Å². The molecular formula is C13H20N2O3S. The highest BCUT2D eigenvalue weighted by atomic mass is 32.2. The van der Waals surface area contributed by atoms with Crippen LogP contribution in [0.5, 0.6) is 5.75 Å². The Balaban J connectivity index is 2.48. The molecule has 0 saturated heterocycles. The van der Waals surface area contributed by atoms with Crippen LogP contribution in [0.3, 0.4) is 0 Å². The molecule has 0 saturated carbocycles. The molecule has 0 aliphatic carbocycles. The maximum Gasteiger partial charge on any atom is 0.275 e. The highest BCUT2D eigenvalue weighted by Crippen LogP contribution is 2.25. The number of nitrogens with zero attached hydrogens (tertiary/aromatic N) is 1. The molecule has 0 bridgehead atoms. The number of rotatable bonds is 9. The number of hydrogen-bond acceptors (Lipinski definition) is 5. The van der Waals surface area contributed by atoms with Gasteiger partial charge in [-0.3, -0.25) is 10.1 Å². The Labute approximate surface area is 117 Å². The summed E-state index contributed by atoms with van der Waals surface area (Å²) in [4.78, 5) is 10.4. The van der Waals surface area contributed by atoms with Crippen molar-refractivity contribution in [3.05, 3.63) is 28.3 Å². The number of methoxy groups -OCH3 is 1. The molecule has 1 N–H and O–H groups in total. The van der Waals surface area contributed by atoms with Gasteiger partial charge in [0.05, 0.1) is 18.1 Å². The lowest BCUT2D eigenvalue weighted by Crippen LogP contribution is -2.02. The summed E-state index contributed by atoms with van der Waals surface area (Å²) in [5.74, 6) is 1.68. The van der Waals surface area contributed by atoms with Gasteiger partial charge in [0.25, 0.3) is 5.69 Å². The Morgan fingerprint density at radius 2 is 2.11 bits per heavy atom. The quantitative estimate of drug-likeness (QED) is 0.427. The molecule has 1 aromatic carbocycles. The van der Waals surface area contributed by atoms with Crippen LogP contribution in [0.25, 0.3) is 0 Å². The molecule has 0 amide bonds. The lowest BCUT2D eigenvalue weighted by molar-refractivity contribution is -0.384. The van der Waals surface area contributed by atoms with Crippen molar-refractivity contribution in [3.8, 4) is 5.75 Å². The predicted octanol–water partition coefficient (Wildman–Crippen LogP) is 3.55. The van der Waals surface area contributed by atoms with Gasteiger partial charge in [-0.1, -0.05) is 6.42 Å². The second-order valence-corrected chi connectivity index (χ2v) is 5.14. The van der Waals surface area contributed by atoms with Gasteiger partial charge < -0.3 is 10.1 Å². The molecule has 19 heavy (non-hydrogen) atoms. The maximum atomic E-state index is 10.8. The van der Waals surface area contributed by atoms with Gasteiger partial charge in [0, 0.05) is 24.4 Å². The average Bonchev–Trinajstić information content (AvgIpc) is 2.42. The van der Waals surface area contributed by atoms with E-state index >= 15 is 0 Å². The first-order valence-corrected chi connectivity index (χ1v) is 7.63. The van der Waals surface area contributed by atoms with Crippen molar-refractivity contribution in [2.75, 3.05) is 31.0 Å². The molecule has 6 heteroatoms. The van der Waals surface area contributed by atoms with E-state index in [0.717, 1.165) is 18.7 Å². The Kier molecular flexibility index (Phi) is 7.10. The fourth-order valence-electron chi connectivity index (χ4n) is 1.69. The standard InChI is InChI=1S/C13H20N2O3S/c1-18-13-9-11(8-12(10-13)15(16)17)14-6-4-3-5-7-19-2/h8-10,14H,3-7H2,1-2H3. The molecule has 0 aliphatic heterocycles. The summed E-state index contributed by atoms with van der Waals surface area (Å²) in [6, 6.07) is 4.73. The third-order valence-corrected chi connectivity index (χ3v) is 3.39. The summed E-state index contributed by atoms with van der Waals surface area (Å²) in [7, 11) is 1.51. The zero-order valence-electron chi connectivity index (χ0n) is 11.3. The lowest BCUT2D eigenvalue weighted by atomic mass is 10.2. The average molecular weight is 284 g/mol. The number of thioether (sulfide) groups is 1. The summed E-state index contributed by atoms with van der Waals surface area (Å²) in [6.07, 6.45) is 5.54. The van der Waals surface area contributed by atoms with Crippen molar-refractivity contribution in [1.29, 1.82) is 0 Å². The predicted molar refractivity (Wildman–Crippen MR) is 80.4 cm³/mol. The zero-order chi connectivity index (χ0) is 14.1. The molecule has 1 rings (SSSR count). The summed E-state index contributed by atoms with van der Waals surface area (Å²) >= 11 is 1.85. The maximum absolute atomic E-state index is 10.8. The Morgan fingerprint density at radius 1 is 1.32 bits per heavy atom. The fourth-order valence-corrected chi connectivity index (χ4v) is 2.18. The van der Waals surface area contributed by atoms with Crippen molar-refractivity contribution >= 4 is 23.1 Å². The highest BCUT2D eigenvalue weighted by Gasteiger charge is 2.09. The van der Waals surface area contributed by atoms with Gasteiger partial charge in [-0.25, -0.2) is 0 Å². The van der Waals surface area contributed by atoms with E-state index in [4.69, 9.17) is 4.74 Å². The zero-order valence-corrected chi connectivity index (χ0v) is 12.2. The molecule has 0 spiro atoms. The molecule has 5 nitrogen and oxygen atoms in total. The number of unbranched alkanes of at least 4 members (excludes halogenated alkanes) is 2. The van der Waals surface area contributed by atoms with Crippen LogP contribution in [0.4, 0.5) is 11.4 Å². The van der Waals surface area contributed by atoms with E-state index < -0.39 is 4.92 Å². The summed E-state index contributed by atoms with van der Waals surface area (Å²) < 4.78 is 5.06. The second-order valence-electron chi connectivity index (χ2n) is 4.16. The molecule has 0 heterocycles. The van der Waals surface area contributed by atoms with Gasteiger partial charge >= 0.3 is 0 Å². The number of nitro groups is 1. The van der Waals surface area contributed by atoms with E-state index in [1.54, 1.807) is 6.07 Å². The first-order valence-electron chi connectivity index (χ1n) is 6.23. The number of non-ortho nitro benzene ring substituents is 1. The van der Waals surface area contributed by atoms with Crippen molar-refractivity contribution in [2.45, 2.75) is 19.3 Å². The molecule has 1 aromatic rings. The molecule has 0 aliphatic rings. The fraction of sp³-hybridized carbons (Fsp3) is 0.538. The highest BCUT2D eigenvalue weighted by molar-refractivity contribution is 7.98. The molecule has 0 fully saturated rings. The van der Waals surface area contributed by atoms with Gasteiger partial charge in [0.1, 0.15) is 5.75 Å². The number of hydrogen-bond donors (Lipinski definition) is 1. The second kappa shape index (κ2) is 8.63. The van der Waals surface area contributed by atoms with Crippen LogP contribution in [-0.2, 0) is 0 Å². The Morgan fingerprint density at radius 3 is 2.74 bits per heavy atom. The van der Waals surface area contributed by atoms with E-state index in [0.29, 0.717) is 5.75 Å². The van der Waals surface area contributed by atoms with Gasteiger partial charge in [-0.2, -0.15) is 11.8 Å². The minimum absolute atomic E-state index is 0.0456. The number of anilines is 1. The monoisotopic (exact) mass is 284 g/mol. The van der Waals surface area contributed by atoms with Gasteiger partial charge in [0.2, 0.25) is 0 Å². The topological polar surface area (TPSA) is 64.4 Å². The van der Waals surface area contributed by atoms with Gasteiger partial charge in [0.15, 0.2) is 0 Å². The largest absolute Gasteiger partial charge is 0.496 e. The first kappa shape index (κ1) is 15.6. The minimum atomic E-state index is -0.411. The molecule has 106 valence electrons. The van der Waals surface area contributed by atoms with Crippen LogP contribution in [-0.4, -0.2) is 30.6 Å². The van der Waals surface area contributed by atoms with Crippen molar-refractivity contribution in [3.63, 3.8) is 0 Å². The molecule has 0 radical (unpaired) electrons. The Hall–Kier alpha value is -1.43. The van der Waals surface area contributed by atoms with Crippen LogP contribution in [0.15, 0.2) is 18.2 Å². The van der Waals surface area contributed by atoms with E-state index in [2.05, 4.69) is 11.6 Å². The summed E-state index contributed by atoms with van der Waals surface area (Å²) in [5.41, 5.74) is 0.778. The molecule has 0 unspecified atom stereocenters. The SMILES string of the molecule is COc1cc(NCCCCCSC)cc([N+](=O)[O-])c1. The molecular weight excluding hydrogens is 264 g/mol. The number of benzene rings is 1. The summed E-state index contributed by atoms with van der Waals surface area (Å²) in [6.45, 7) is 0.818.